The minimum atomic E-state index is -2.55. The zero-order chi connectivity index (χ0) is 46.4. The maximum Gasteiger partial charge on any atom is 0.216 e. The third kappa shape index (κ3) is 9.61. The fourth-order valence-corrected chi connectivity index (χ4v) is 10.5. The van der Waals surface area contributed by atoms with Crippen LogP contribution in [-0.2, 0) is 26.5 Å². The van der Waals surface area contributed by atoms with Gasteiger partial charge in [0.05, 0.1) is 11.3 Å². The minimum Gasteiger partial charge on any atom is -0.486 e. The van der Waals surface area contributed by atoms with Gasteiger partial charge in [-0.1, -0.05) is 73.2 Å². The van der Waals surface area contributed by atoms with E-state index in [0.717, 1.165) is 48.1 Å². The molecule has 0 spiro atoms. The summed E-state index contributed by atoms with van der Waals surface area (Å²) in [6, 6.07) is 34.3. The Labute approximate surface area is 374 Å². The maximum absolute atomic E-state index is 9.82. The van der Waals surface area contributed by atoms with Crippen LogP contribution in [0.5, 0.6) is 0 Å². The number of benzene rings is 3. The third-order valence-electron chi connectivity index (χ3n) is 10.9. The number of hydrogen-bond donors (Lipinski definition) is 0. The minimum absolute atomic E-state index is 0. The van der Waals surface area contributed by atoms with Gasteiger partial charge in [0.15, 0.2) is 0 Å². The summed E-state index contributed by atoms with van der Waals surface area (Å²) in [5, 5.41) is 20.0. The Morgan fingerprint density at radius 3 is 2.32 bits per heavy atom. The number of aromatic nitrogens is 3. The number of aryl methyl sites for hydroxylation is 1. The van der Waals surface area contributed by atoms with Gasteiger partial charge in [0.25, 0.3) is 0 Å². The van der Waals surface area contributed by atoms with E-state index in [0.29, 0.717) is 44.5 Å². The molecule has 0 aliphatic heterocycles. The first kappa shape index (κ1) is 36.0. The van der Waals surface area contributed by atoms with E-state index in [1.807, 2.05) is 61.7 Å². The van der Waals surface area contributed by atoms with Gasteiger partial charge in [0.2, 0.25) is 5.71 Å². The van der Waals surface area contributed by atoms with E-state index in [1.165, 1.54) is 16.7 Å². The molecule has 0 saturated heterocycles. The first-order chi connectivity index (χ1) is 30.1. The summed E-state index contributed by atoms with van der Waals surface area (Å²) in [6.45, 7) is 5.81. The molecule has 8 rings (SSSR count). The van der Waals surface area contributed by atoms with Crippen LogP contribution >= 0.6 is 0 Å². The summed E-state index contributed by atoms with van der Waals surface area (Å²) in [4.78, 5) is 13.9. The van der Waals surface area contributed by atoms with Gasteiger partial charge in [-0.15, -0.1) is 12.1 Å². The molecule has 1 fully saturated rings. The first-order valence-corrected chi connectivity index (χ1v) is 27.1. The normalized spacial score (nSPS) is 16.1. The molecule has 1 aliphatic rings. The van der Waals surface area contributed by atoms with Crippen LogP contribution in [0.15, 0.2) is 95.7 Å². The number of rotatable bonds is 7. The molecule has 59 heavy (non-hydrogen) atoms. The Bertz CT molecular complexity index is 2940. The summed E-state index contributed by atoms with van der Waals surface area (Å²) in [5.74, 6) is 6.05. The summed E-state index contributed by atoms with van der Waals surface area (Å²) in [5.41, 5.74) is 6.51. The van der Waals surface area contributed by atoms with Crippen molar-refractivity contribution in [2.45, 2.75) is 89.8 Å². The molecule has 4 heterocycles. The van der Waals surface area contributed by atoms with Crippen LogP contribution < -0.4 is 4.40 Å². The number of pyridine rings is 3. The van der Waals surface area contributed by atoms with Crippen LogP contribution in [0.25, 0.3) is 55.8 Å². The van der Waals surface area contributed by atoms with Crippen molar-refractivity contribution in [3.63, 3.8) is 0 Å². The first-order valence-electron chi connectivity index (χ1n) is 22.7. The van der Waals surface area contributed by atoms with Crippen LogP contribution in [0, 0.1) is 53.0 Å². The van der Waals surface area contributed by atoms with Crippen LogP contribution in [0.4, 0.5) is 0 Å². The van der Waals surface area contributed by atoms with Gasteiger partial charge < -0.3 is 9.40 Å². The Morgan fingerprint density at radius 2 is 1.68 bits per heavy atom. The Kier molecular flexibility index (Phi) is 11.1. The van der Waals surface area contributed by atoms with Gasteiger partial charge in [-0.05, 0) is 53.5 Å². The van der Waals surface area contributed by atoms with Crippen molar-refractivity contribution >= 4 is 39.7 Å². The van der Waals surface area contributed by atoms with Gasteiger partial charge in [-0.3, -0.25) is 0 Å². The van der Waals surface area contributed by atoms with E-state index in [1.54, 1.807) is 18.2 Å². The quantitative estimate of drug-likeness (QED) is 0.116. The number of nitriles is 2. The predicted octanol–water partition coefficient (Wildman–Crippen LogP) is 12.5. The van der Waals surface area contributed by atoms with Crippen molar-refractivity contribution in [3.8, 4) is 45.9 Å². The van der Waals surface area contributed by atoms with Gasteiger partial charge in [-0.2, -0.15) is 0 Å². The van der Waals surface area contributed by atoms with E-state index in [4.69, 9.17) is 22.9 Å². The Morgan fingerprint density at radius 1 is 0.932 bits per heavy atom. The van der Waals surface area contributed by atoms with Crippen molar-refractivity contribution in [3.05, 3.63) is 131 Å². The van der Waals surface area contributed by atoms with Crippen LogP contribution in [-0.4, -0.2) is 28.2 Å². The molecule has 3 aromatic carbocycles. The Hall–Kier alpha value is -4.92. The van der Waals surface area contributed by atoms with E-state index in [-0.39, 0.29) is 48.3 Å². The van der Waals surface area contributed by atoms with E-state index < -0.39 is 32.4 Å². The molecule has 4 aromatic heterocycles. The largest absolute Gasteiger partial charge is 0.486 e. The second-order valence-electron chi connectivity index (χ2n) is 17.0. The van der Waals surface area contributed by atoms with E-state index >= 15 is 0 Å². The molecular weight excluding hydrogens is 963 g/mol. The standard InChI is InChI=1S/C30H24N3O.C21H27GeN2.Ir/c1-19-15-27(32-18-23(19)16-20-7-5-6-8-20)24-12-11-22(17-31)28-25-13-14-26(21-9-3-2-4-10-21)33-30(25)34-29(24)28;1-15(21(2,3)4)18-12-20(24-14-19(18)22(5,6)7)17-10-8-16(13-23)9-11-17;/h2-4,9-11,13-15,18,20H,5-8,16H2,1H3;8-10,12,14-15H,1-7H3;/q2*-1;/i1D3,16D2;15D;. The van der Waals surface area contributed by atoms with Crippen LogP contribution in [0.3, 0.4) is 0 Å². The summed E-state index contributed by atoms with van der Waals surface area (Å²) in [7, 11) is 0. The zero-order valence-corrected chi connectivity index (χ0v) is 39.0. The monoisotopic (exact) mass is 1020 g/mol. The van der Waals surface area contributed by atoms with Crippen molar-refractivity contribution in [2.24, 2.45) is 11.3 Å². The summed E-state index contributed by atoms with van der Waals surface area (Å²) in [6.07, 6.45) is 4.82. The van der Waals surface area contributed by atoms with Gasteiger partial charge in [0, 0.05) is 50.2 Å². The number of nitrogens with zero attached hydrogens (tertiary/aromatic N) is 5. The zero-order valence-electron chi connectivity index (χ0n) is 40.5. The van der Waals surface area contributed by atoms with Crippen molar-refractivity contribution < 1.29 is 32.7 Å². The average molecular weight is 1020 g/mol. The summed E-state index contributed by atoms with van der Waals surface area (Å²) >= 11 is -2.18. The molecule has 1 unspecified atom stereocenters. The SMILES string of the molecule is [2H]C(C)(c1cc(-c2[c-]cc(C#N)cc2)nc[c]1[Ge]([CH3])([CH3])[CH3])C(C)(C)C.[2H]C([2H])([2H])c1cc(-c2[c-]cc(C#N)c3c2oc2nc(-c4ccccc4)ccc23)ncc1C([2H])([2H])C1CCCC1.[Ir]. The fraction of sp³-hybridized carbons (Fsp3) is 0.314. The molecule has 1 aliphatic carbocycles. The molecular formula is C51H51GeIrN5O-2. The molecule has 7 aromatic rings. The molecule has 0 bridgehead atoms. The predicted molar refractivity (Wildman–Crippen MR) is 238 cm³/mol. The number of fused-ring (bicyclic) bond motifs is 3. The molecule has 1 atom stereocenters. The molecule has 6 nitrogen and oxygen atoms in total. The van der Waals surface area contributed by atoms with Gasteiger partial charge >= 0.3 is 151 Å². The fourth-order valence-electron chi connectivity index (χ4n) is 7.32. The molecule has 0 N–H and O–H groups in total. The molecule has 1 saturated carbocycles. The number of hydrogen-bond acceptors (Lipinski definition) is 6. The van der Waals surface area contributed by atoms with Gasteiger partial charge in [0.1, 0.15) is 0 Å². The molecule has 1 radical (unpaired) electrons. The van der Waals surface area contributed by atoms with Crippen molar-refractivity contribution in [1.29, 1.82) is 10.5 Å². The van der Waals surface area contributed by atoms with Crippen LogP contribution in [0.1, 0.15) is 95.3 Å². The van der Waals surface area contributed by atoms with Crippen LogP contribution in [0.2, 0.25) is 17.3 Å². The average Bonchev–Trinajstić information content (AvgIpc) is 3.95. The van der Waals surface area contributed by atoms with Crippen molar-refractivity contribution in [2.75, 3.05) is 0 Å². The van der Waals surface area contributed by atoms with E-state index in [2.05, 4.69) is 78.3 Å². The Balaban J connectivity index is 0.000000234. The van der Waals surface area contributed by atoms with E-state index in [9.17, 15) is 5.26 Å². The second-order valence-corrected chi connectivity index (χ2v) is 27.6. The molecule has 0 amide bonds. The number of furan rings is 1. The second kappa shape index (κ2) is 18.1. The molecule has 301 valence electrons. The molecule has 8 heteroatoms. The maximum atomic E-state index is 9.82. The third-order valence-corrected chi connectivity index (χ3v) is 15.2. The van der Waals surface area contributed by atoms with Crippen molar-refractivity contribution in [1.82, 2.24) is 15.0 Å². The smallest absolute Gasteiger partial charge is 0.216 e. The van der Waals surface area contributed by atoms with Gasteiger partial charge in [-0.25, -0.2) is 10.2 Å². The topological polar surface area (TPSA) is 99.4 Å². The summed E-state index contributed by atoms with van der Waals surface area (Å²) < 4.78 is 58.8.